The molecule has 0 spiro atoms. The first kappa shape index (κ1) is 21.3. The monoisotopic (exact) mass is 445 g/mol. The minimum atomic E-state index is 0. The second-order valence-corrected chi connectivity index (χ2v) is 7.11. The Balaban J connectivity index is 0.00000240. The highest BCUT2D eigenvalue weighted by Gasteiger charge is 2.16. The number of nitrogens with zero attached hydrogens (tertiary/aromatic N) is 1. The first-order chi connectivity index (χ1) is 13.6. The van der Waals surface area contributed by atoms with Gasteiger partial charge in [0.15, 0.2) is 0 Å². The van der Waals surface area contributed by atoms with Gasteiger partial charge in [0, 0.05) is 22.0 Å². The van der Waals surface area contributed by atoms with E-state index >= 15 is 0 Å². The lowest BCUT2D eigenvalue weighted by Crippen LogP contribution is -1.95. The van der Waals surface area contributed by atoms with E-state index in [0.29, 0.717) is 21.5 Å². The standard InChI is InChI=1S/C23H17Cl2NO2.ClH/c1-27-22-13-23(28-2)19(25)11-18(22)21-12-16(14-6-4-3-5-7-14)17-10-15(24)8-9-20(17)26-21;/h3-13H,1-2H3;1H. The molecule has 29 heavy (non-hydrogen) atoms. The molecule has 4 rings (SSSR count). The molecule has 0 saturated heterocycles. The summed E-state index contributed by atoms with van der Waals surface area (Å²) in [5, 5.41) is 2.16. The zero-order valence-electron chi connectivity index (χ0n) is 15.8. The highest BCUT2D eigenvalue weighted by atomic mass is 35.5. The van der Waals surface area contributed by atoms with Crippen LogP contribution < -0.4 is 9.47 Å². The average Bonchev–Trinajstić information content (AvgIpc) is 2.73. The van der Waals surface area contributed by atoms with Crippen LogP contribution in [-0.2, 0) is 0 Å². The van der Waals surface area contributed by atoms with Crippen molar-refractivity contribution < 1.29 is 9.47 Å². The van der Waals surface area contributed by atoms with E-state index in [1.165, 1.54) is 0 Å². The molecule has 0 amide bonds. The fourth-order valence-electron chi connectivity index (χ4n) is 3.25. The molecule has 3 nitrogen and oxygen atoms in total. The molecule has 0 atom stereocenters. The van der Waals surface area contributed by atoms with E-state index in [2.05, 4.69) is 12.1 Å². The summed E-state index contributed by atoms with van der Waals surface area (Å²) in [7, 11) is 3.19. The molecule has 0 bridgehead atoms. The van der Waals surface area contributed by atoms with Gasteiger partial charge in [-0.05, 0) is 41.5 Å². The average molecular weight is 447 g/mol. The molecule has 1 heterocycles. The van der Waals surface area contributed by atoms with Crippen molar-refractivity contribution in [3.8, 4) is 33.9 Å². The second-order valence-electron chi connectivity index (χ2n) is 6.27. The zero-order chi connectivity index (χ0) is 19.7. The molecule has 4 aromatic rings. The lowest BCUT2D eigenvalue weighted by Gasteiger charge is -2.14. The first-order valence-corrected chi connectivity index (χ1v) is 9.44. The van der Waals surface area contributed by atoms with Crippen LogP contribution in [0.4, 0.5) is 0 Å². The smallest absolute Gasteiger partial charge is 0.141 e. The number of hydrogen-bond acceptors (Lipinski definition) is 3. The van der Waals surface area contributed by atoms with Crippen molar-refractivity contribution in [2.75, 3.05) is 14.2 Å². The summed E-state index contributed by atoms with van der Waals surface area (Å²) in [5.41, 5.74) is 4.52. The van der Waals surface area contributed by atoms with Crippen LogP contribution >= 0.6 is 35.6 Å². The molecule has 0 N–H and O–H groups in total. The fourth-order valence-corrected chi connectivity index (χ4v) is 3.67. The van der Waals surface area contributed by atoms with E-state index < -0.39 is 0 Å². The number of methoxy groups -OCH3 is 2. The fraction of sp³-hybridized carbons (Fsp3) is 0.0870. The molecule has 6 heteroatoms. The van der Waals surface area contributed by atoms with Crippen molar-refractivity contribution in [2.45, 2.75) is 0 Å². The van der Waals surface area contributed by atoms with Gasteiger partial charge in [0.25, 0.3) is 0 Å². The second kappa shape index (κ2) is 8.91. The maximum Gasteiger partial charge on any atom is 0.141 e. The van der Waals surface area contributed by atoms with Gasteiger partial charge in [0.1, 0.15) is 11.5 Å². The number of pyridine rings is 1. The number of halogens is 3. The van der Waals surface area contributed by atoms with E-state index in [4.69, 9.17) is 37.7 Å². The van der Waals surface area contributed by atoms with Gasteiger partial charge in [-0.2, -0.15) is 0 Å². The van der Waals surface area contributed by atoms with Crippen LogP contribution in [0.1, 0.15) is 0 Å². The number of hydrogen-bond donors (Lipinski definition) is 0. The van der Waals surface area contributed by atoms with E-state index in [0.717, 1.165) is 33.3 Å². The summed E-state index contributed by atoms with van der Waals surface area (Å²) in [6.45, 7) is 0. The molecule has 0 aliphatic heterocycles. The SMILES string of the molecule is COc1cc(OC)c(-c2cc(-c3ccccc3)c3cc(Cl)ccc3n2)cc1Cl.Cl. The van der Waals surface area contributed by atoms with Crippen LogP contribution in [0.25, 0.3) is 33.3 Å². The van der Waals surface area contributed by atoms with Crippen LogP contribution in [0.5, 0.6) is 11.5 Å². The Kier molecular flexibility index (Phi) is 6.53. The van der Waals surface area contributed by atoms with Gasteiger partial charge in [-0.15, -0.1) is 12.4 Å². The Morgan fingerprint density at radius 3 is 2.17 bits per heavy atom. The van der Waals surface area contributed by atoms with Crippen LogP contribution in [0.15, 0.2) is 66.7 Å². The van der Waals surface area contributed by atoms with E-state index in [9.17, 15) is 0 Å². The van der Waals surface area contributed by atoms with Crippen LogP contribution in [0, 0.1) is 0 Å². The zero-order valence-corrected chi connectivity index (χ0v) is 18.1. The Morgan fingerprint density at radius 1 is 0.759 bits per heavy atom. The predicted molar refractivity (Wildman–Crippen MR) is 123 cm³/mol. The summed E-state index contributed by atoms with van der Waals surface area (Å²) >= 11 is 12.6. The van der Waals surface area contributed by atoms with Crippen LogP contribution in [0.2, 0.25) is 10.0 Å². The molecule has 0 radical (unpaired) electrons. The number of aromatic nitrogens is 1. The summed E-state index contributed by atoms with van der Waals surface area (Å²) in [6, 6.07) is 21.5. The van der Waals surface area contributed by atoms with E-state index in [1.807, 2.05) is 48.5 Å². The van der Waals surface area contributed by atoms with Crippen molar-refractivity contribution in [1.82, 2.24) is 4.98 Å². The molecule has 0 aliphatic carbocycles. The van der Waals surface area contributed by atoms with Crippen molar-refractivity contribution in [3.05, 3.63) is 76.8 Å². The molecule has 0 fully saturated rings. The van der Waals surface area contributed by atoms with Gasteiger partial charge >= 0.3 is 0 Å². The topological polar surface area (TPSA) is 31.4 Å². The maximum absolute atomic E-state index is 6.38. The molecule has 0 saturated carbocycles. The Labute approximate surface area is 185 Å². The van der Waals surface area contributed by atoms with Gasteiger partial charge < -0.3 is 9.47 Å². The molecule has 1 aromatic heterocycles. The number of ether oxygens (including phenoxy) is 2. The lowest BCUT2D eigenvalue weighted by atomic mass is 9.98. The summed E-state index contributed by atoms with van der Waals surface area (Å²) in [5.74, 6) is 1.19. The molecular weight excluding hydrogens is 429 g/mol. The quantitative estimate of drug-likeness (QED) is 0.329. The number of rotatable bonds is 4. The Hall–Kier alpha value is -2.46. The number of benzene rings is 3. The largest absolute Gasteiger partial charge is 0.496 e. The van der Waals surface area contributed by atoms with Crippen LogP contribution in [-0.4, -0.2) is 19.2 Å². The lowest BCUT2D eigenvalue weighted by molar-refractivity contribution is 0.395. The molecule has 3 aromatic carbocycles. The minimum Gasteiger partial charge on any atom is -0.496 e. The minimum absolute atomic E-state index is 0. The maximum atomic E-state index is 6.38. The van der Waals surface area contributed by atoms with Gasteiger partial charge in [-0.3, -0.25) is 0 Å². The van der Waals surface area contributed by atoms with Gasteiger partial charge in [0.05, 0.1) is 30.5 Å². The molecule has 0 unspecified atom stereocenters. The highest BCUT2D eigenvalue weighted by Crippen LogP contribution is 2.40. The Bertz CT molecular complexity index is 1160. The van der Waals surface area contributed by atoms with Gasteiger partial charge in [-0.25, -0.2) is 4.98 Å². The molecule has 0 aliphatic rings. The van der Waals surface area contributed by atoms with E-state index in [1.54, 1.807) is 20.3 Å². The van der Waals surface area contributed by atoms with Gasteiger partial charge in [-0.1, -0.05) is 53.5 Å². The third-order valence-corrected chi connectivity index (χ3v) is 5.14. The number of fused-ring (bicyclic) bond motifs is 1. The first-order valence-electron chi connectivity index (χ1n) is 8.68. The van der Waals surface area contributed by atoms with Crippen molar-refractivity contribution >= 4 is 46.5 Å². The normalized spacial score (nSPS) is 10.5. The molecule has 148 valence electrons. The summed E-state index contributed by atoms with van der Waals surface area (Å²) < 4.78 is 10.9. The van der Waals surface area contributed by atoms with Crippen molar-refractivity contribution in [2.24, 2.45) is 0 Å². The van der Waals surface area contributed by atoms with Crippen molar-refractivity contribution in [1.29, 1.82) is 0 Å². The van der Waals surface area contributed by atoms with E-state index in [-0.39, 0.29) is 12.4 Å². The third-order valence-electron chi connectivity index (χ3n) is 4.61. The third kappa shape index (κ3) is 4.13. The Morgan fingerprint density at radius 2 is 1.48 bits per heavy atom. The molecular formula is C23H18Cl3NO2. The highest BCUT2D eigenvalue weighted by molar-refractivity contribution is 6.32. The summed E-state index contributed by atoms with van der Waals surface area (Å²) in [6.07, 6.45) is 0. The predicted octanol–water partition coefficient (Wildman–Crippen LogP) is 7.31. The van der Waals surface area contributed by atoms with Crippen LogP contribution in [0.3, 0.4) is 0 Å². The van der Waals surface area contributed by atoms with Gasteiger partial charge in [0.2, 0.25) is 0 Å². The van der Waals surface area contributed by atoms with Crippen molar-refractivity contribution in [3.63, 3.8) is 0 Å². The summed E-state index contributed by atoms with van der Waals surface area (Å²) in [4.78, 5) is 4.84.